The van der Waals surface area contributed by atoms with Gasteiger partial charge in [-0.05, 0) is 59.6 Å². The van der Waals surface area contributed by atoms with Gasteiger partial charge in [0.2, 0.25) is 0 Å². The molecule has 1 aliphatic rings. The van der Waals surface area contributed by atoms with Crippen LogP contribution in [0.25, 0.3) is 6.08 Å². The molecule has 0 saturated carbocycles. The van der Waals surface area contributed by atoms with Crippen LogP contribution in [0.5, 0.6) is 11.5 Å². The lowest BCUT2D eigenvalue weighted by atomic mass is 9.95. The molecule has 0 bridgehead atoms. The average molecular weight is 533 g/mol. The van der Waals surface area contributed by atoms with Crippen LogP contribution in [0.15, 0.2) is 60.5 Å². The van der Waals surface area contributed by atoms with E-state index in [1.807, 2.05) is 0 Å². The van der Waals surface area contributed by atoms with E-state index < -0.39 is 12.0 Å². The Kier molecular flexibility index (Phi) is 6.57. The predicted molar refractivity (Wildman–Crippen MR) is 126 cm³/mol. The number of benzene rings is 1. The zero-order valence-electron chi connectivity index (χ0n) is 18.4. The summed E-state index contributed by atoms with van der Waals surface area (Å²) in [7, 11) is 3.07. The summed E-state index contributed by atoms with van der Waals surface area (Å²) in [6, 6.07) is 8.04. The number of hydrogen-bond donors (Lipinski definition) is 0. The molecule has 8 nitrogen and oxygen atoms in total. The van der Waals surface area contributed by atoms with E-state index in [1.165, 1.54) is 23.0 Å². The second-order valence-electron chi connectivity index (χ2n) is 7.06. The summed E-state index contributed by atoms with van der Waals surface area (Å²) in [5.41, 5.74) is 1.16. The van der Waals surface area contributed by atoms with Gasteiger partial charge in [0.25, 0.3) is 5.56 Å². The van der Waals surface area contributed by atoms with Crippen LogP contribution >= 0.6 is 27.3 Å². The van der Waals surface area contributed by atoms with E-state index >= 15 is 0 Å². The molecule has 0 amide bonds. The number of carbonyl (C=O) groups is 1. The second kappa shape index (κ2) is 9.40. The molecule has 10 heteroatoms. The molecule has 3 aromatic rings. The van der Waals surface area contributed by atoms with Gasteiger partial charge in [0.05, 0.1) is 42.7 Å². The molecule has 0 unspecified atom stereocenters. The van der Waals surface area contributed by atoms with E-state index in [-0.39, 0.29) is 12.2 Å². The number of rotatable bonds is 6. The first-order chi connectivity index (χ1) is 15.9. The van der Waals surface area contributed by atoms with Crippen molar-refractivity contribution in [3.8, 4) is 11.5 Å². The number of hydrogen-bond acceptors (Lipinski definition) is 8. The van der Waals surface area contributed by atoms with Crippen LogP contribution in [0, 0.1) is 0 Å². The first-order valence-corrected chi connectivity index (χ1v) is 11.7. The van der Waals surface area contributed by atoms with Crippen molar-refractivity contribution >= 4 is 39.3 Å². The Morgan fingerprint density at radius 1 is 1.24 bits per heavy atom. The Morgan fingerprint density at radius 2 is 2.00 bits per heavy atom. The maximum Gasteiger partial charge on any atom is 0.338 e. The smallest absolute Gasteiger partial charge is 0.338 e. The molecule has 0 spiro atoms. The fourth-order valence-electron chi connectivity index (χ4n) is 3.66. The van der Waals surface area contributed by atoms with Gasteiger partial charge in [0.1, 0.15) is 5.76 Å². The maximum absolute atomic E-state index is 13.5. The molecule has 3 heterocycles. The zero-order valence-corrected chi connectivity index (χ0v) is 20.8. The van der Waals surface area contributed by atoms with Crippen molar-refractivity contribution in [2.75, 3.05) is 20.8 Å². The van der Waals surface area contributed by atoms with Gasteiger partial charge in [-0.1, -0.05) is 17.4 Å². The third kappa shape index (κ3) is 4.28. The fourth-order valence-corrected chi connectivity index (χ4v) is 5.01. The molecule has 0 saturated heterocycles. The molecule has 2 aromatic heterocycles. The van der Waals surface area contributed by atoms with Gasteiger partial charge in [-0.15, -0.1) is 0 Å². The number of thiazole rings is 1. The van der Waals surface area contributed by atoms with Gasteiger partial charge in [-0.3, -0.25) is 9.36 Å². The van der Waals surface area contributed by atoms with Crippen LogP contribution in [-0.4, -0.2) is 31.4 Å². The van der Waals surface area contributed by atoms with Gasteiger partial charge in [-0.25, -0.2) is 9.79 Å². The van der Waals surface area contributed by atoms with Crippen LogP contribution in [0.3, 0.4) is 0 Å². The molecule has 0 fully saturated rings. The summed E-state index contributed by atoms with van der Waals surface area (Å²) in [5.74, 6) is 1.02. The Hall–Kier alpha value is -3.11. The molecule has 4 rings (SSSR count). The predicted octanol–water partition coefficient (Wildman–Crippen LogP) is 3.17. The van der Waals surface area contributed by atoms with Crippen LogP contribution in [0.2, 0.25) is 0 Å². The molecule has 33 heavy (non-hydrogen) atoms. The molecular weight excluding hydrogens is 512 g/mol. The fraction of sp³-hybridized carbons (Fsp3) is 0.261. The Labute approximate surface area is 201 Å². The number of ether oxygens (including phenoxy) is 3. The number of esters is 1. The highest BCUT2D eigenvalue weighted by atomic mass is 79.9. The lowest BCUT2D eigenvalue weighted by molar-refractivity contribution is -0.139. The van der Waals surface area contributed by atoms with E-state index in [0.717, 1.165) is 0 Å². The molecule has 1 aromatic carbocycles. The van der Waals surface area contributed by atoms with Crippen LogP contribution in [0.4, 0.5) is 0 Å². The largest absolute Gasteiger partial charge is 0.493 e. The number of methoxy groups -OCH3 is 2. The monoisotopic (exact) mass is 532 g/mol. The average Bonchev–Trinajstić information content (AvgIpc) is 3.34. The number of nitrogens with zero attached hydrogens (tertiary/aromatic N) is 2. The Morgan fingerprint density at radius 3 is 2.64 bits per heavy atom. The summed E-state index contributed by atoms with van der Waals surface area (Å²) in [6.07, 6.45) is 1.66. The van der Waals surface area contributed by atoms with E-state index in [1.54, 1.807) is 57.4 Å². The summed E-state index contributed by atoms with van der Waals surface area (Å²) < 4.78 is 24.1. The Bertz CT molecular complexity index is 1430. The quantitative estimate of drug-likeness (QED) is 0.452. The highest BCUT2D eigenvalue weighted by Crippen LogP contribution is 2.36. The highest BCUT2D eigenvalue weighted by Gasteiger charge is 2.33. The van der Waals surface area contributed by atoms with Crippen molar-refractivity contribution in [3.63, 3.8) is 0 Å². The van der Waals surface area contributed by atoms with Crippen LogP contribution < -0.4 is 24.4 Å². The number of carbonyl (C=O) groups excluding carboxylic acids is 1. The van der Waals surface area contributed by atoms with E-state index in [4.69, 9.17) is 18.6 Å². The number of halogens is 1. The standard InChI is InChI=1S/C23H21BrN2O6S/c1-5-31-22(28)19-12(2)25-23-26(20(19)13-6-8-15(29-3)16(10-13)30-4)21(27)17(33-23)11-14-7-9-18(24)32-14/h6-11,20H,5H2,1-4H3/t20-/m0/s1. The van der Waals surface area contributed by atoms with E-state index in [9.17, 15) is 9.59 Å². The SMILES string of the molecule is CCOC(=O)C1=C(C)N=c2sc(=Cc3ccc(Br)o3)c(=O)n2[C@H]1c1ccc(OC)c(OC)c1. The normalized spacial score (nSPS) is 15.8. The lowest BCUT2D eigenvalue weighted by Gasteiger charge is -2.25. The van der Waals surface area contributed by atoms with Crippen molar-refractivity contribution in [2.24, 2.45) is 4.99 Å². The molecule has 1 aliphatic heterocycles. The number of furan rings is 1. The summed E-state index contributed by atoms with van der Waals surface area (Å²) in [6.45, 7) is 3.67. The van der Waals surface area contributed by atoms with Crippen molar-refractivity contribution in [1.29, 1.82) is 0 Å². The van der Waals surface area contributed by atoms with Crippen molar-refractivity contribution in [1.82, 2.24) is 4.57 Å². The molecule has 0 radical (unpaired) electrons. The summed E-state index contributed by atoms with van der Waals surface area (Å²) in [5, 5.41) is 0. The number of fused-ring (bicyclic) bond motifs is 1. The molecule has 0 N–H and O–H groups in total. The highest BCUT2D eigenvalue weighted by molar-refractivity contribution is 9.10. The first kappa shape index (κ1) is 23.1. The third-order valence-corrected chi connectivity index (χ3v) is 6.52. The number of allylic oxidation sites excluding steroid dienone is 1. The molecule has 0 aliphatic carbocycles. The second-order valence-corrected chi connectivity index (χ2v) is 8.85. The minimum absolute atomic E-state index is 0.200. The lowest BCUT2D eigenvalue weighted by Crippen LogP contribution is -2.39. The third-order valence-electron chi connectivity index (χ3n) is 5.11. The summed E-state index contributed by atoms with van der Waals surface area (Å²) >= 11 is 4.49. The molecule has 172 valence electrons. The minimum atomic E-state index is -0.745. The van der Waals surface area contributed by atoms with E-state index in [0.29, 0.717) is 48.1 Å². The van der Waals surface area contributed by atoms with Gasteiger partial charge in [-0.2, -0.15) is 0 Å². The molecule has 1 atom stereocenters. The van der Waals surface area contributed by atoms with E-state index in [2.05, 4.69) is 20.9 Å². The van der Waals surface area contributed by atoms with Crippen molar-refractivity contribution < 1.29 is 23.4 Å². The zero-order chi connectivity index (χ0) is 23.7. The summed E-state index contributed by atoms with van der Waals surface area (Å²) in [4.78, 5) is 31.5. The topological polar surface area (TPSA) is 92.3 Å². The molecular formula is C23H21BrN2O6S. The number of aromatic nitrogens is 1. The van der Waals surface area contributed by atoms with Gasteiger partial charge in [0.15, 0.2) is 21.0 Å². The maximum atomic E-state index is 13.5. The van der Waals surface area contributed by atoms with Crippen LogP contribution in [0.1, 0.15) is 31.2 Å². The van der Waals surface area contributed by atoms with Crippen LogP contribution in [-0.2, 0) is 9.53 Å². The van der Waals surface area contributed by atoms with Crippen molar-refractivity contribution in [2.45, 2.75) is 19.9 Å². The van der Waals surface area contributed by atoms with Gasteiger partial charge >= 0.3 is 5.97 Å². The van der Waals surface area contributed by atoms with Crippen molar-refractivity contribution in [3.05, 3.63) is 77.3 Å². The van der Waals surface area contributed by atoms with Gasteiger partial charge in [0, 0.05) is 6.08 Å². The Balaban J connectivity index is 1.97. The minimum Gasteiger partial charge on any atom is -0.493 e. The first-order valence-electron chi connectivity index (χ1n) is 10.0. The van der Waals surface area contributed by atoms with Gasteiger partial charge < -0.3 is 18.6 Å².